The number of esters is 1. The van der Waals surface area contributed by atoms with Crippen LogP contribution in [0.3, 0.4) is 0 Å². The molecule has 2 aromatic rings. The van der Waals surface area contributed by atoms with Gasteiger partial charge in [-0.05, 0) is 50.2 Å². The lowest BCUT2D eigenvalue weighted by Gasteiger charge is -2.14. The SMILES string of the molecule is CC(=O)c1ccc(OCC(=O)O[C@H](C)C(=O)Nc2cccnc2Cl)cc1. The predicted octanol–water partition coefficient (Wildman–Crippen LogP) is 2.89. The molecule has 7 nitrogen and oxygen atoms in total. The van der Waals surface area contributed by atoms with E-state index in [1.165, 1.54) is 20.0 Å². The summed E-state index contributed by atoms with van der Waals surface area (Å²) in [6, 6.07) is 9.53. The van der Waals surface area contributed by atoms with Crippen LogP contribution >= 0.6 is 11.6 Å². The Balaban J connectivity index is 1.82. The van der Waals surface area contributed by atoms with E-state index in [1.54, 1.807) is 36.4 Å². The molecule has 1 aromatic heterocycles. The molecule has 0 saturated carbocycles. The normalized spacial score (nSPS) is 11.3. The van der Waals surface area contributed by atoms with Crippen LogP contribution in [-0.2, 0) is 14.3 Å². The van der Waals surface area contributed by atoms with Gasteiger partial charge in [0.05, 0.1) is 5.69 Å². The minimum absolute atomic E-state index is 0.0653. The Bertz CT molecular complexity index is 807. The highest BCUT2D eigenvalue weighted by Crippen LogP contribution is 2.18. The number of nitrogens with zero attached hydrogens (tertiary/aromatic N) is 1. The first-order valence-corrected chi connectivity index (χ1v) is 8.09. The summed E-state index contributed by atoms with van der Waals surface area (Å²) in [5.74, 6) is -0.907. The Morgan fingerprint density at radius 1 is 1.19 bits per heavy atom. The van der Waals surface area contributed by atoms with Crippen molar-refractivity contribution in [2.45, 2.75) is 20.0 Å². The number of halogens is 1. The zero-order valence-electron chi connectivity index (χ0n) is 14.2. The molecule has 1 amide bonds. The van der Waals surface area contributed by atoms with Gasteiger partial charge in [-0.15, -0.1) is 0 Å². The van der Waals surface area contributed by atoms with Crippen LogP contribution in [0.1, 0.15) is 24.2 Å². The van der Waals surface area contributed by atoms with Crippen LogP contribution in [0.25, 0.3) is 0 Å². The number of benzene rings is 1. The van der Waals surface area contributed by atoms with E-state index in [2.05, 4.69) is 10.3 Å². The van der Waals surface area contributed by atoms with Crippen molar-refractivity contribution < 1.29 is 23.9 Å². The maximum absolute atomic E-state index is 12.0. The molecular formula is C18H17ClN2O5. The molecule has 0 aliphatic rings. The second-order valence-corrected chi connectivity index (χ2v) is 5.69. The molecule has 1 aromatic carbocycles. The van der Waals surface area contributed by atoms with Crippen molar-refractivity contribution in [3.8, 4) is 5.75 Å². The minimum atomic E-state index is -1.04. The number of anilines is 1. The Labute approximate surface area is 155 Å². The number of carbonyl (C=O) groups is 3. The summed E-state index contributed by atoms with van der Waals surface area (Å²) in [5, 5.41) is 2.66. The lowest BCUT2D eigenvalue weighted by atomic mass is 10.1. The van der Waals surface area contributed by atoms with Crippen LogP contribution in [0.2, 0.25) is 5.15 Å². The highest BCUT2D eigenvalue weighted by Gasteiger charge is 2.19. The van der Waals surface area contributed by atoms with Gasteiger partial charge in [0.25, 0.3) is 5.91 Å². The number of aromatic nitrogens is 1. The van der Waals surface area contributed by atoms with Crippen molar-refractivity contribution in [3.05, 3.63) is 53.3 Å². The molecule has 0 aliphatic heterocycles. The number of hydrogen-bond acceptors (Lipinski definition) is 6. The van der Waals surface area contributed by atoms with Crippen molar-refractivity contribution in [3.63, 3.8) is 0 Å². The van der Waals surface area contributed by atoms with Gasteiger partial charge in [-0.3, -0.25) is 9.59 Å². The average molecular weight is 377 g/mol. The number of ketones is 1. The van der Waals surface area contributed by atoms with Gasteiger partial charge in [0.2, 0.25) is 0 Å². The highest BCUT2D eigenvalue weighted by molar-refractivity contribution is 6.32. The van der Waals surface area contributed by atoms with E-state index in [9.17, 15) is 14.4 Å². The summed E-state index contributed by atoms with van der Waals surface area (Å²) >= 11 is 5.85. The van der Waals surface area contributed by atoms with Crippen LogP contribution < -0.4 is 10.1 Å². The third-order valence-corrected chi connectivity index (χ3v) is 3.61. The molecule has 0 unspecified atom stereocenters. The number of nitrogens with one attached hydrogen (secondary N) is 1. The summed E-state index contributed by atoms with van der Waals surface area (Å²) in [6.07, 6.45) is 0.448. The Kier molecular flexibility index (Phi) is 6.68. The number of carbonyl (C=O) groups excluding carboxylic acids is 3. The third-order valence-electron chi connectivity index (χ3n) is 3.31. The first-order chi connectivity index (χ1) is 12.4. The molecule has 2 rings (SSSR count). The van der Waals surface area contributed by atoms with Gasteiger partial charge < -0.3 is 14.8 Å². The van der Waals surface area contributed by atoms with E-state index in [1.807, 2.05) is 0 Å². The van der Waals surface area contributed by atoms with Gasteiger partial charge in [0.15, 0.2) is 23.6 Å². The largest absolute Gasteiger partial charge is 0.482 e. The molecular weight excluding hydrogens is 360 g/mol. The first kappa shape index (κ1) is 19.4. The van der Waals surface area contributed by atoms with Crippen LogP contribution in [-0.4, -0.2) is 35.4 Å². The van der Waals surface area contributed by atoms with E-state index >= 15 is 0 Å². The molecule has 8 heteroatoms. The van der Waals surface area contributed by atoms with E-state index in [0.717, 1.165) is 0 Å². The van der Waals surface area contributed by atoms with Gasteiger partial charge in [0.1, 0.15) is 5.75 Å². The number of rotatable bonds is 7. The van der Waals surface area contributed by atoms with E-state index in [4.69, 9.17) is 21.1 Å². The van der Waals surface area contributed by atoms with E-state index in [0.29, 0.717) is 17.0 Å². The van der Waals surface area contributed by atoms with Crippen molar-refractivity contribution in [1.82, 2.24) is 4.98 Å². The summed E-state index contributed by atoms with van der Waals surface area (Å²) in [6.45, 7) is 2.52. The fourth-order valence-electron chi connectivity index (χ4n) is 1.93. The maximum atomic E-state index is 12.0. The summed E-state index contributed by atoms with van der Waals surface area (Å²) in [5.41, 5.74) is 0.864. The van der Waals surface area contributed by atoms with Gasteiger partial charge in [-0.1, -0.05) is 11.6 Å². The number of hydrogen-bond donors (Lipinski definition) is 1. The number of pyridine rings is 1. The fourth-order valence-corrected chi connectivity index (χ4v) is 2.09. The zero-order chi connectivity index (χ0) is 19.1. The van der Waals surface area contributed by atoms with Crippen LogP contribution in [0.4, 0.5) is 5.69 Å². The maximum Gasteiger partial charge on any atom is 0.344 e. The number of ether oxygens (including phenoxy) is 2. The highest BCUT2D eigenvalue weighted by atomic mass is 35.5. The number of amides is 1. The molecule has 0 saturated heterocycles. The second-order valence-electron chi connectivity index (χ2n) is 5.33. The molecule has 0 fully saturated rings. The van der Waals surface area contributed by atoms with Gasteiger partial charge in [-0.25, -0.2) is 9.78 Å². The van der Waals surface area contributed by atoms with E-state index in [-0.39, 0.29) is 17.5 Å². The Morgan fingerprint density at radius 2 is 1.88 bits per heavy atom. The van der Waals surface area contributed by atoms with Crippen molar-refractivity contribution in [1.29, 1.82) is 0 Å². The van der Waals surface area contributed by atoms with Crippen LogP contribution in [0, 0.1) is 0 Å². The topological polar surface area (TPSA) is 94.6 Å². The summed E-state index contributed by atoms with van der Waals surface area (Å²) in [4.78, 5) is 38.9. The zero-order valence-corrected chi connectivity index (χ0v) is 14.9. The average Bonchev–Trinajstić information content (AvgIpc) is 2.62. The molecule has 0 spiro atoms. The van der Waals surface area contributed by atoms with Gasteiger partial charge >= 0.3 is 5.97 Å². The molecule has 0 bridgehead atoms. The molecule has 136 valence electrons. The quantitative estimate of drug-likeness (QED) is 0.453. The molecule has 26 heavy (non-hydrogen) atoms. The van der Waals surface area contributed by atoms with Crippen molar-refractivity contribution >= 4 is 34.9 Å². The van der Waals surface area contributed by atoms with Gasteiger partial charge in [-0.2, -0.15) is 0 Å². The summed E-state index contributed by atoms with van der Waals surface area (Å²) in [7, 11) is 0. The lowest BCUT2D eigenvalue weighted by Crippen LogP contribution is -2.31. The third kappa shape index (κ3) is 5.56. The van der Waals surface area contributed by atoms with Crippen molar-refractivity contribution in [2.75, 3.05) is 11.9 Å². The lowest BCUT2D eigenvalue weighted by molar-refractivity contribution is -0.155. The standard InChI is InChI=1S/C18H17ClN2O5/c1-11(22)13-5-7-14(8-6-13)25-10-16(23)26-12(2)18(24)21-15-4-3-9-20-17(15)19/h3-9,12H,10H2,1-2H3,(H,21,24)/t12-/m1/s1. The molecule has 1 atom stereocenters. The second kappa shape index (κ2) is 8.96. The monoisotopic (exact) mass is 376 g/mol. The molecule has 0 radical (unpaired) electrons. The fraction of sp³-hybridized carbons (Fsp3) is 0.222. The number of Topliss-reactive ketones (excluding diaryl/α,β-unsaturated/α-hetero) is 1. The van der Waals surface area contributed by atoms with E-state index < -0.39 is 18.0 Å². The smallest absolute Gasteiger partial charge is 0.344 e. The van der Waals surface area contributed by atoms with Gasteiger partial charge in [0, 0.05) is 11.8 Å². The molecule has 0 aliphatic carbocycles. The molecule has 1 heterocycles. The van der Waals surface area contributed by atoms with Crippen molar-refractivity contribution in [2.24, 2.45) is 0 Å². The van der Waals surface area contributed by atoms with Crippen LogP contribution in [0.15, 0.2) is 42.6 Å². The Hall–Kier alpha value is -2.93. The Morgan fingerprint density at radius 3 is 2.50 bits per heavy atom. The first-order valence-electron chi connectivity index (χ1n) is 7.71. The van der Waals surface area contributed by atoms with Crippen LogP contribution in [0.5, 0.6) is 5.75 Å². The minimum Gasteiger partial charge on any atom is -0.482 e. The predicted molar refractivity (Wildman–Crippen MR) is 95.4 cm³/mol. The molecule has 1 N–H and O–H groups in total. The summed E-state index contributed by atoms with van der Waals surface area (Å²) < 4.78 is 10.3.